The number of rotatable bonds is 4. The van der Waals surface area contributed by atoms with Gasteiger partial charge in [0.1, 0.15) is 0 Å². The van der Waals surface area contributed by atoms with E-state index in [0.29, 0.717) is 6.04 Å². The molecule has 2 fully saturated rings. The first-order valence-electron chi connectivity index (χ1n) is 6.95. The molecule has 2 aliphatic carbocycles. The van der Waals surface area contributed by atoms with Crippen molar-refractivity contribution >= 4 is 0 Å². The van der Waals surface area contributed by atoms with E-state index in [2.05, 4.69) is 11.3 Å². The third-order valence-electron chi connectivity index (χ3n) is 4.87. The molecule has 4 atom stereocenters. The quantitative estimate of drug-likeness (QED) is 0.865. The molecular formula is C14H23N3. The number of fused-ring (bicyclic) bond motifs is 2. The van der Waals surface area contributed by atoms with Gasteiger partial charge < -0.3 is 5.73 Å². The second-order valence-corrected chi connectivity index (χ2v) is 6.06. The Bertz CT molecular complexity index is 385. The molecule has 0 saturated heterocycles. The molecule has 3 rings (SSSR count). The van der Waals surface area contributed by atoms with Crippen LogP contribution in [0.1, 0.15) is 37.7 Å². The maximum atomic E-state index is 6.39. The fourth-order valence-corrected chi connectivity index (χ4v) is 3.97. The van der Waals surface area contributed by atoms with Crippen LogP contribution in [0.15, 0.2) is 12.4 Å². The lowest BCUT2D eigenvalue weighted by Gasteiger charge is -2.27. The van der Waals surface area contributed by atoms with Crippen LogP contribution >= 0.6 is 0 Å². The van der Waals surface area contributed by atoms with Crippen molar-refractivity contribution in [2.75, 3.05) is 0 Å². The van der Waals surface area contributed by atoms with E-state index in [4.69, 9.17) is 5.73 Å². The van der Waals surface area contributed by atoms with Gasteiger partial charge >= 0.3 is 0 Å². The summed E-state index contributed by atoms with van der Waals surface area (Å²) >= 11 is 0. The lowest BCUT2D eigenvalue weighted by Crippen LogP contribution is -2.34. The smallest absolute Gasteiger partial charge is 0.0521 e. The molecule has 2 aliphatic rings. The molecule has 2 N–H and O–H groups in total. The molecule has 0 spiro atoms. The Kier molecular flexibility index (Phi) is 2.95. The SMILES string of the molecule is Cn1cc(CCC(N)C2CC3CCC2C3)cn1. The van der Waals surface area contributed by atoms with Gasteiger partial charge in [-0.3, -0.25) is 4.68 Å². The van der Waals surface area contributed by atoms with Crippen LogP contribution in [0.25, 0.3) is 0 Å². The molecule has 0 amide bonds. The Labute approximate surface area is 103 Å². The molecule has 17 heavy (non-hydrogen) atoms. The first-order valence-corrected chi connectivity index (χ1v) is 6.95. The van der Waals surface area contributed by atoms with Crippen molar-refractivity contribution in [1.29, 1.82) is 0 Å². The van der Waals surface area contributed by atoms with Crippen LogP contribution in [0.4, 0.5) is 0 Å². The first kappa shape index (κ1) is 11.3. The largest absolute Gasteiger partial charge is 0.327 e. The van der Waals surface area contributed by atoms with Crippen molar-refractivity contribution in [1.82, 2.24) is 9.78 Å². The van der Waals surface area contributed by atoms with Gasteiger partial charge in [0, 0.05) is 19.3 Å². The van der Waals surface area contributed by atoms with Crippen molar-refractivity contribution < 1.29 is 0 Å². The fourth-order valence-electron chi connectivity index (χ4n) is 3.97. The second-order valence-electron chi connectivity index (χ2n) is 6.06. The van der Waals surface area contributed by atoms with E-state index < -0.39 is 0 Å². The highest BCUT2D eigenvalue weighted by Crippen LogP contribution is 2.49. The third-order valence-corrected chi connectivity index (χ3v) is 4.87. The zero-order valence-corrected chi connectivity index (χ0v) is 10.7. The minimum atomic E-state index is 0.408. The average molecular weight is 233 g/mol. The van der Waals surface area contributed by atoms with Crippen LogP contribution in [0, 0.1) is 17.8 Å². The summed E-state index contributed by atoms with van der Waals surface area (Å²) in [5, 5.41) is 4.21. The first-order chi connectivity index (χ1) is 8.22. The van der Waals surface area contributed by atoms with Crippen LogP contribution in [0.5, 0.6) is 0 Å². The minimum absolute atomic E-state index is 0.408. The number of nitrogens with zero attached hydrogens (tertiary/aromatic N) is 2. The summed E-state index contributed by atoms with van der Waals surface area (Å²) in [5.41, 5.74) is 7.72. The van der Waals surface area contributed by atoms with E-state index in [1.807, 2.05) is 17.9 Å². The van der Waals surface area contributed by atoms with Crippen molar-refractivity contribution in [3.63, 3.8) is 0 Å². The normalized spacial score (nSPS) is 33.2. The highest BCUT2D eigenvalue weighted by molar-refractivity contribution is 5.04. The molecular weight excluding hydrogens is 210 g/mol. The minimum Gasteiger partial charge on any atom is -0.327 e. The number of hydrogen-bond acceptors (Lipinski definition) is 2. The molecule has 3 heteroatoms. The van der Waals surface area contributed by atoms with Gasteiger partial charge in [-0.25, -0.2) is 0 Å². The summed E-state index contributed by atoms with van der Waals surface area (Å²) in [4.78, 5) is 0. The summed E-state index contributed by atoms with van der Waals surface area (Å²) in [5.74, 6) is 2.77. The Morgan fingerprint density at radius 2 is 2.35 bits per heavy atom. The van der Waals surface area contributed by atoms with Gasteiger partial charge in [0.05, 0.1) is 6.20 Å². The Morgan fingerprint density at radius 1 is 1.47 bits per heavy atom. The van der Waals surface area contributed by atoms with E-state index in [0.717, 1.165) is 30.6 Å². The zero-order valence-electron chi connectivity index (χ0n) is 10.7. The molecule has 4 unspecified atom stereocenters. The van der Waals surface area contributed by atoms with Crippen molar-refractivity contribution in [2.24, 2.45) is 30.5 Å². The maximum absolute atomic E-state index is 6.39. The predicted molar refractivity (Wildman–Crippen MR) is 68.4 cm³/mol. The van der Waals surface area contributed by atoms with Crippen LogP contribution in [0.2, 0.25) is 0 Å². The molecule has 1 aromatic heterocycles. The third kappa shape index (κ3) is 2.25. The van der Waals surface area contributed by atoms with Gasteiger partial charge in [0.15, 0.2) is 0 Å². The van der Waals surface area contributed by atoms with Gasteiger partial charge in [-0.05, 0) is 55.4 Å². The molecule has 2 bridgehead atoms. The van der Waals surface area contributed by atoms with Crippen molar-refractivity contribution in [3.05, 3.63) is 18.0 Å². The predicted octanol–water partition coefficient (Wildman–Crippen LogP) is 2.12. The molecule has 1 heterocycles. The lowest BCUT2D eigenvalue weighted by atomic mass is 9.82. The molecule has 0 radical (unpaired) electrons. The second kappa shape index (κ2) is 4.45. The topological polar surface area (TPSA) is 43.8 Å². The summed E-state index contributed by atoms with van der Waals surface area (Å²) in [6.45, 7) is 0. The van der Waals surface area contributed by atoms with Crippen LogP contribution < -0.4 is 5.73 Å². The molecule has 1 aromatic rings. The molecule has 3 nitrogen and oxygen atoms in total. The molecule has 0 aromatic carbocycles. The standard InChI is InChI=1S/C14H23N3/c1-17-9-11(8-16-17)3-5-14(15)13-7-10-2-4-12(13)6-10/h8-10,12-14H,2-7,15H2,1H3. The highest BCUT2D eigenvalue weighted by atomic mass is 15.2. The van der Waals surface area contributed by atoms with Gasteiger partial charge in [-0.15, -0.1) is 0 Å². The van der Waals surface area contributed by atoms with Crippen molar-refractivity contribution in [2.45, 2.75) is 44.6 Å². The summed E-state index contributed by atoms with van der Waals surface area (Å²) in [6, 6.07) is 0.408. The molecule has 2 saturated carbocycles. The van der Waals surface area contributed by atoms with Gasteiger partial charge in [-0.1, -0.05) is 6.42 Å². The van der Waals surface area contributed by atoms with Gasteiger partial charge in [0.25, 0.3) is 0 Å². The van der Waals surface area contributed by atoms with E-state index in [1.54, 1.807) is 0 Å². The Hall–Kier alpha value is -0.830. The highest BCUT2D eigenvalue weighted by Gasteiger charge is 2.41. The number of aromatic nitrogens is 2. The summed E-state index contributed by atoms with van der Waals surface area (Å²) in [7, 11) is 1.97. The lowest BCUT2D eigenvalue weighted by molar-refractivity contribution is 0.273. The Balaban J connectivity index is 1.52. The molecule has 0 aliphatic heterocycles. The zero-order chi connectivity index (χ0) is 11.8. The van der Waals surface area contributed by atoms with Gasteiger partial charge in [-0.2, -0.15) is 5.10 Å². The number of aryl methyl sites for hydroxylation is 2. The van der Waals surface area contributed by atoms with Crippen LogP contribution in [-0.2, 0) is 13.5 Å². The van der Waals surface area contributed by atoms with Crippen molar-refractivity contribution in [3.8, 4) is 0 Å². The van der Waals surface area contributed by atoms with Crippen LogP contribution in [-0.4, -0.2) is 15.8 Å². The van der Waals surface area contributed by atoms with Crippen LogP contribution in [0.3, 0.4) is 0 Å². The van der Waals surface area contributed by atoms with Gasteiger partial charge in [0.2, 0.25) is 0 Å². The maximum Gasteiger partial charge on any atom is 0.0521 e. The number of nitrogens with two attached hydrogens (primary N) is 1. The summed E-state index contributed by atoms with van der Waals surface area (Å²) in [6.07, 6.45) is 12.1. The van der Waals surface area contributed by atoms with E-state index in [-0.39, 0.29) is 0 Å². The van der Waals surface area contributed by atoms with E-state index >= 15 is 0 Å². The van der Waals surface area contributed by atoms with E-state index in [9.17, 15) is 0 Å². The van der Waals surface area contributed by atoms with E-state index in [1.165, 1.54) is 31.2 Å². The summed E-state index contributed by atoms with van der Waals surface area (Å²) < 4.78 is 1.87. The Morgan fingerprint density at radius 3 is 2.94 bits per heavy atom. The number of hydrogen-bond donors (Lipinski definition) is 1. The fraction of sp³-hybridized carbons (Fsp3) is 0.786. The molecule has 94 valence electrons. The monoisotopic (exact) mass is 233 g/mol. The average Bonchev–Trinajstić information content (AvgIpc) is 3.01.